The van der Waals surface area contributed by atoms with Crippen LogP contribution in [0, 0.1) is 0 Å². The van der Waals surface area contributed by atoms with E-state index in [1.165, 1.54) is 0 Å². The molecule has 0 aromatic rings. The Kier molecular flexibility index (Phi) is 26.2. The molecule has 0 radical (unpaired) electrons. The summed E-state index contributed by atoms with van der Waals surface area (Å²) in [5.74, 6) is -1.90. The molecule has 0 saturated heterocycles. The average molecular weight is 282 g/mol. The first kappa shape index (κ1) is 24.2. The van der Waals surface area contributed by atoms with Crippen LogP contribution >= 0.6 is 0 Å². The standard InChI is InChI=1S/C5H8O4.CH2O3.Na.Zn/c6-4(7)2-1-3-5(8)9;2-1(3)4;;/h1-3H2,(H,6,7)(H,8,9);(H2,2,3,4);;/q;;+1;/p-1. The van der Waals surface area contributed by atoms with Crippen molar-refractivity contribution < 1.29 is 83.8 Å². The van der Waals surface area contributed by atoms with E-state index in [1.807, 2.05) is 0 Å². The maximum atomic E-state index is 9.79. The molecule has 0 aliphatic rings. The van der Waals surface area contributed by atoms with Gasteiger partial charge < -0.3 is 25.2 Å². The first-order valence-corrected chi connectivity index (χ1v) is 3.19. The van der Waals surface area contributed by atoms with Gasteiger partial charge in [-0.15, -0.1) is 0 Å². The zero-order valence-electron chi connectivity index (χ0n) is 8.30. The van der Waals surface area contributed by atoms with Crippen LogP contribution in [0.25, 0.3) is 0 Å². The summed E-state index contributed by atoms with van der Waals surface area (Å²) < 4.78 is 0. The molecule has 15 heavy (non-hydrogen) atoms. The van der Waals surface area contributed by atoms with E-state index in [9.17, 15) is 9.59 Å². The largest absolute Gasteiger partial charge is 1.00 e. The van der Waals surface area contributed by atoms with Crippen LogP contribution in [0.2, 0.25) is 0 Å². The Morgan fingerprint density at radius 2 is 1.13 bits per heavy atom. The van der Waals surface area contributed by atoms with Crippen molar-refractivity contribution in [1.82, 2.24) is 0 Å². The molecule has 3 N–H and O–H groups in total. The summed E-state index contributed by atoms with van der Waals surface area (Å²) in [5.41, 5.74) is 0. The Bertz CT molecular complexity index is 178. The van der Waals surface area contributed by atoms with Gasteiger partial charge in [0, 0.05) is 32.3 Å². The van der Waals surface area contributed by atoms with Gasteiger partial charge in [-0.3, -0.25) is 9.59 Å². The second kappa shape index (κ2) is 16.3. The molecule has 9 heteroatoms. The normalized spacial score (nSPS) is 6.93. The number of hydrogen-bond donors (Lipinski definition) is 3. The van der Waals surface area contributed by atoms with Crippen LogP contribution in [-0.4, -0.2) is 33.4 Å². The van der Waals surface area contributed by atoms with Gasteiger partial charge in [0.1, 0.15) is 0 Å². The molecule has 0 amide bonds. The van der Waals surface area contributed by atoms with Crippen LogP contribution < -0.4 is 34.7 Å². The Labute approximate surface area is 121 Å². The molecule has 0 atom stereocenters. The number of rotatable bonds is 4. The zero-order valence-corrected chi connectivity index (χ0v) is 13.3. The summed E-state index contributed by atoms with van der Waals surface area (Å²) in [4.78, 5) is 28.0. The number of hydrogen-bond acceptors (Lipinski definition) is 4. The van der Waals surface area contributed by atoms with Crippen molar-refractivity contribution in [3.63, 3.8) is 0 Å². The summed E-state index contributed by atoms with van der Waals surface area (Å²) in [6.45, 7) is 0. The maximum Gasteiger partial charge on any atom is 1.00 e. The minimum atomic E-state index is -2.08. The average Bonchev–Trinajstić information content (AvgIpc) is 1.83. The predicted octanol–water partition coefficient (Wildman–Crippen LogP) is -3.78. The fourth-order valence-corrected chi connectivity index (χ4v) is 0.391. The van der Waals surface area contributed by atoms with Crippen molar-refractivity contribution in [3.05, 3.63) is 0 Å². The van der Waals surface area contributed by atoms with Crippen LogP contribution in [-0.2, 0) is 29.1 Å². The SMILES string of the molecule is O=C(O)CCCC(=O)O.O=C([O-])O.[Na+].[Zn]. The molecule has 0 aliphatic carbocycles. The first-order valence-electron chi connectivity index (χ1n) is 3.19. The molecule has 0 unspecified atom stereocenters. The van der Waals surface area contributed by atoms with Gasteiger partial charge in [-0.05, 0) is 6.42 Å². The zero-order chi connectivity index (χ0) is 10.9. The molecule has 0 fully saturated rings. The van der Waals surface area contributed by atoms with Gasteiger partial charge in [0.15, 0.2) is 0 Å². The van der Waals surface area contributed by atoms with Gasteiger partial charge in [-0.2, -0.15) is 0 Å². The van der Waals surface area contributed by atoms with E-state index in [0.717, 1.165) is 0 Å². The third-order valence-corrected chi connectivity index (χ3v) is 0.781. The second-order valence-corrected chi connectivity index (χ2v) is 1.91. The monoisotopic (exact) mass is 280 g/mol. The van der Waals surface area contributed by atoms with Crippen LogP contribution in [0.4, 0.5) is 4.79 Å². The Morgan fingerprint density at radius 1 is 0.933 bits per heavy atom. The van der Waals surface area contributed by atoms with E-state index < -0.39 is 18.1 Å². The summed E-state index contributed by atoms with van der Waals surface area (Å²) in [7, 11) is 0. The summed E-state index contributed by atoms with van der Waals surface area (Å²) in [5, 5.41) is 31.4. The third kappa shape index (κ3) is 56.9. The van der Waals surface area contributed by atoms with Crippen LogP contribution in [0.3, 0.4) is 0 Å². The minimum absolute atomic E-state index is 0. The van der Waals surface area contributed by atoms with Crippen molar-refractivity contribution >= 4 is 18.1 Å². The molecular formula is C6H9NaO7Zn. The molecule has 0 aliphatic heterocycles. The Morgan fingerprint density at radius 3 is 1.27 bits per heavy atom. The maximum absolute atomic E-state index is 9.79. The van der Waals surface area contributed by atoms with E-state index >= 15 is 0 Å². The van der Waals surface area contributed by atoms with Gasteiger partial charge in [-0.25, -0.2) is 0 Å². The van der Waals surface area contributed by atoms with Gasteiger partial charge in [0.05, 0.1) is 0 Å². The van der Waals surface area contributed by atoms with E-state index in [2.05, 4.69) is 0 Å². The minimum Gasteiger partial charge on any atom is -0.565 e. The molecule has 0 spiro atoms. The van der Waals surface area contributed by atoms with Crippen molar-refractivity contribution in [2.45, 2.75) is 19.3 Å². The quantitative estimate of drug-likeness (QED) is 0.450. The van der Waals surface area contributed by atoms with Crippen molar-refractivity contribution in [2.75, 3.05) is 0 Å². The summed E-state index contributed by atoms with van der Waals surface area (Å²) in [6.07, 6.45) is -2.00. The third-order valence-electron chi connectivity index (χ3n) is 0.781. The fourth-order valence-electron chi connectivity index (χ4n) is 0.391. The molecule has 0 saturated carbocycles. The molecular weight excluding hydrogens is 272 g/mol. The van der Waals surface area contributed by atoms with Crippen LogP contribution in [0.15, 0.2) is 0 Å². The van der Waals surface area contributed by atoms with Gasteiger partial charge in [-0.1, -0.05) is 0 Å². The van der Waals surface area contributed by atoms with E-state index in [-0.39, 0.29) is 68.3 Å². The fraction of sp³-hybridized carbons (Fsp3) is 0.500. The van der Waals surface area contributed by atoms with Crippen LogP contribution in [0.5, 0.6) is 0 Å². The van der Waals surface area contributed by atoms with Crippen molar-refractivity contribution in [3.8, 4) is 0 Å². The molecule has 7 nitrogen and oxygen atoms in total. The molecule has 0 aromatic heterocycles. The summed E-state index contributed by atoms with van der Waals surface area (Å²) >= 11 is 0. The van der Waals surface area contributed by atoms with E-state index in [4.69, 9.17) is 25.2 Å². The molecule has 78 valence electrons. The molecule has 0 bridgehead atoms. The van der Waals surface area contributed by atoms with Crippen LogP contribution in [0.1, 0.15) is 19.3 Å². The smallest absolute Gasteiger partial charge is 0.565 e. The van der Waals surface area contributed by atoms with E-state index in [0.29, 0.717) is 0 Å². The Hall–Kier alpha value is -0.167. The Balaban J connectivity index is -0.0000000883. The number of carboxylic acids is 2. The number of carboxylic acid groups (broad SMARTS) is 4. The predicted molar refractivity (Wildman–Crippen MR) is 37.1 cm³/mol. The van der Waals surface area contributed by atoms with Crippen molar-refractivity contribution in [1.29, 1.82) is 0 Å². The van der Waals surface area contributed by atoms with Gasteiger partial charge in [0.25, 0.3) is 0 Å². The molecule has 0 aromatic carbocycles. The van der Waals surface area contributed by atoms with Gasteiger partial charge in [0.2, 0.25) is 6.16 Å². The summed E-state index contributed by atoms with van der Waals surface area (Å²) in [6, 6.07) is 0. The van der Waals surface area contributed by atoms with Gasteiger partial charge >= 0.3 is 41.5 Å². The molecule has 0 heterocycles. The topological polar surface area (TPSA) is 135 Å². The molecule has 0 rings (SSSR count). The number of carbonyl (C=O) groups is 3. The van der Waals surface area contributed by atoms with E-state index in [1.54, 1.807) is 0 Å². The first-order chi connectivity index (χ1) is 5.86. The van der Waals surface area contributed by atoms with Crippen molar-refractivity contribution in [2.24, 2.45) is 0 Å². The second-order valence-electron chi connectivity index (χ2n) is 1.91. The number of aliphatic carboxylic acids is 2.